The molecule has 2 bridgehead atoms. The van der Waals surface area contributed by atoms with Crippen LogP contribution in [0, 0.1) is 17.8 Å². The predicted molar refractivity (Wildman–Crippen MR) is 117 cm³/mol. The first kappa shape index (κ1) is 17.7. The molecule has 2 atom stereocenters. The van der Waals surface area contributed by atoms with Gasteiger partial charge in [0.15, 0.2) is 5.82 Å². The second-order valence-electron chi connectivity index (χ2n) is 10.1. The Hall–Kier alpha value is -2.42. The highest BCUT2D eigenvalue weighted by Gasteiger charge is 2.50. The van der Waals surface area contributed by atoms with Gasteiger partial charge in [0, 0.05) is 23.5 Å². The van der Waals surface area contributed by atoms with E-state index in [-0.39, 0.29) is 0 Å². The summed E-state index contributed by atoms with van der Waals surface area (Å²) in [7, 11) is 0. The zero-order valence-corrected chi connectivity index (χ0v) is 17.4. The van der Waals surface area contributed by atoms with Gasteiger partial charge in [-0.2, -0.15) is 0 Å². The third kappa shape index (κ3) is 2.97. The highest BCUT2D eigenvalue weighted by atomic mass is 15.3. The van der Waals surface area contributed by atoms with Gasteiger partial charge in [-0.3, -0.25) is 0 Å². The minimum absolute atomic E-state index is 0.377. The van der Waals surface area contributed by atoms with Crippen LogP contribution in [-0.2, 0) is 0 Å². The lowest BCUT2D eigenvalue weighted by Gasteiger charge is -2.39. The maximum Gasteiger partial charge on any atom is 0.162 e. The molecule has 0 spiro atoms. The monoisotopic (exact) mass is 371 g/mol. The molecule has 0 unspecified atom stereocenters. The van der Waals surface area contributed by atoms with E-state index in [9.17, 15) is 0 Å². The summed E-state index contributed by atoms with van der Waals surface area (Å²) in [6.07, 6.45) is 3.80. The molecule has 0 amide bonds. The number of anilines is 1. The number of fused-ring (bicyclic) bond motifs is 3. The fraction of sp³-hybridized carbons (Fsp3) is 0.440. The van der Waals surface area contributed by atoms with Crippen LogP contribution in [0.4, 0.5) is 5.82 Å². The number of hydrogen-bond donors (Lipinski definition) is 0. The minimum atomic E-state index is 0.377. The standard InChI is InChI=1S/C25H29N3/c1-17-9-11-18(12-10-17)22-26-21-8-6-5-7-20(21)23(27-22)28-16-25(4)14-19(28)13-24(2,3)15-25/h5-12,19H,13-16H2,1-4H3/t19-,25+/m0/s1. The predicted octanol–water partition coefficient (Wildman–Crippen LogP) is 6.01. The van der Waals surface area contributed by atoms with E-state index in [0.29, 0.717) is 16.9 Å². The lowest BCUT2D eigenvalue weighted by Crippen LogP contribution is -2.35. The molecule has 2 fully saturated rings. The average Bonchev–Trinajstić information content (AvgIpc) is 2.90. The molecule has 3 heteroatoms. The molecule has 28 heavy (non-hydrogen) atoms. The van der Waals surface area contributed by atoms with Crippen molar-refractivity contribution < 1.29 is 0 Å². The van der Waals surface area contributed by atoms with Gasteiger partial charge in [0.05, 0.1) is 5.52 Å². The van der Waals surface area contributed by atoms with Gasteiger partial charge in [0.1, 0.15) is 5.82 Å². The summed E-state index contributed by atoms with van der Waals surface area (Å²) in [6.45, 7) is 10.5. The first-order valence-electron chi connectivity index (χ1n) is 10.4. The fourth-order valence-electron chi connectivity index (χ4n) is 5.82. The number of para-hydroxylation sites is 1. The summed E-state index contributed by atoms with van der Waals surface area (Å²) in [4.78, 5) is 12.6. The van der Waals surface area contributed by atoms with E-state index in [1.54, 1.807) is 0 Å². The zero-order chi connectivity index (χ0) is 19.5. The van der Waals surface area contributed by atoms with Gasteiger partial charge in [-0.15, -0.1) is 0 Å². The summed E-state index contributed by atoms with van der Waals surface area (Å²) in [5.74, 6) is 1.95. The van der Waals surface area contributed by atoms with Gasteiger partial charge in [-0.25, -0.2) is 9.97 Å². The summed E-state index contributed by atoms with van der Waals surface area (Å²) in [6, 6.07) is 17.6. The Kier molecular flexibility index (Phi) is 3.81. The Morgan fingerprint density at radius 2 is 1.68 bits per heavy atom. The fourth-order valence-corrected chi connectivity index (χ4v) is 5.82. The van der Waals surface area contributed by atoms with Gasteiger partial charge < -0.3 is 4.90 Å². The average molecular weight is 372 g/mol. The SMILES string of the molecule is Cc1ccc(-c2nc(N3C[C@]4(C)C[C@@H]3CC(C)(C)C4)c3ccccc3n2)cc1. The number of aryl methyl sites for hydroxylation is 1. The largest absolute Gasteiger partial charge is 0.352 e. The number of benzene rings is 2. The summed E-state index contributed by atoms with van der Waals surface area (Å²) < 4.78 is 0. The quantitative estimate of drug-likeness (QED) is 0.552. The molecule has 1 aliphatic heterocycles. The van der Waals surface area contributed by atoms with Crippen molar-refractivity contribution in [2.45, 2.75) is 53.0 Å². The molecule has 1 aromatic heterocycles. The second kappa shape index (κ2) is 6.04. The Bertz CT molecular complexity index is 1040. The van der Waals surface area contributed by atoms with Crippen LogP contribution in [0.15, 0.2) is 48.5 Å². The summed E-state index contributed by atoms with van der Waals surface area (Å²) >= 11 is 0. The van der Waals surface area contributed by atoms with Crippen LogP contribution >= 0.6 is 0 Å². The van der Waals surface area contributed by atoms with E-state index in [2.05, 4.69) is 81.1 Å². The zero-order valence-electron chi connectivity index (χ0n) is 17.4. The first-order chi connectivity index (χ1) is 13.3. The van der Waals surface area contributed by atoms with Gasteiger partial charge in [-0.1, -0.05) is 62.7 Å². The topological polar surface area (TPSA) is 29.0 Å². The Balaban J connectivity index is 1.66. The second-order valence-corrected chi connectivity index (χ2v) is 10.1. The van der Waals surface area contributed by atoms with Crippen LogP contribution in [0.3, 0.4) is 0 Å². The van der Waals surface area contributed by atoms with Crippen molar-refractivity contribution in [1.29, 1.82) is 0 Å². The Morgan fingerprint density at radius 3 is 2.46 bits per heavy atom. The molecule has 0 radical (unpaired) electrons. The van der Waals surface area contributed by atoms with E-state index in [1.165, 1.54) is 30.2 Å². The molecule has 1 saturated carbocycles. The maximum atomic E-state index is 5.14. The molecule has 2 aliphatic rings. The molecular formula is C25H29N3. The number of nitrogens with zero attached hydrogens (tertiary/aromatic N) is 3. The van der Waals surface area contributed by atoms with E-state index in [4.69, 9.17) is 9.97 Å². The van der Waals surface area contributed by atoms with Crippen molar-refractivity contribution in [2.75, 3.05) is 11.4 Å². The van der Waals surface area contributed by atoms with Crippen molar-refractivity contribution in [2.24, 2.45) is 10.8 Å². The van der Waals surface area contributed by atoms with Crippen LogP contribution in [0.25, 0.3) is 22.3 Å². The van der Waals surface area contributed by atoms with E-state index in [0.717, 1.165) is 29.3 Å². The number of hydrogen-bond acceptors (Lipinski definition) is 3. The highest BCUT2D eigenvalue weighted by Crippen LogP contribution is 2.53. The molecule has 144 valence electrons. The van der Waals surface area contributed by atoms with E-state index < -0.39 is 0 Å². The van der Waals surface area contributed by atoms with Crippen molar-refractivity contribution >= 4 is 16.7 Å². The van der Waals surface area contributed by atoms with Crippen LogP contribution in [-0.4, -0.2) is 22.6 Å². The molecule has 3 nitrogen and oxygen atoms in total. The van der Waals surface area contributed by atoms with Gasteiger partial charge in [-0.05, 0) is 49.1 Å². The molecule has 5 rings (SSSR count). The molecule has 1 aliphatic carbocycles. The maximum absolute atomic E-state index is 5.14. The third-order valence-corrected chi connectivity index (χ3v) is 6.58. The lowest BCUT2D eigenvalue weighted by atomic mass is 9.65. The smallest absolute Gasteiger partial charge is 0.162 e. The van der Waals surface area contributed by atoms with Crippen molar-refractivity contribution in [3.8, 4) is 11.4 Å². The molecular weight excluding hydrogens is 342 g/mol. The van der Waals surface area contributed by atoms with Crippen molar-refractivity contribution in [3.05, 3.63) is 54.1 Å². The summed E-state index contributed by atoms with van der Waals surface area (Å²) in [5, 5.41) is 1.17. The number of rotatable bonds is 2. The third-order valence-electron chi connectivity index (χ3n) is 6.58. The van der Waals surface area contributed by atoms with E-state index >= 15 is 0 Å². The summed E-state index contributed by atoms with van der Waals surface area (Å²) in [5.41, 5.74) is 4.16. The van der Waals surface area contributed by atoms with Crippen LogP contribution in [0.1, 0.15) is 45.6 Å². The molecule has 2 heterocycles. The lowest BCUT2D eigenvalue weighted by molar-refractivity contribution is 0.136. The Labute approximate surface area is 167 Å². The molecule has 2 aromatic carbocycles. The highest BCUT2D eigenvalue weighted by molar-refractivity contribution is 5.91. The van der Waals surface area contributed by atoms with Gasteiger partial charge >= 0.3 is 0 Å². The number of aromatic nitrogens is 2. The van der Waals surface area contributed by atoms with Gasteiger partial charge in [0.25, 0.3) is 0 Å². The molecule has 0 N–H and O–H groups in total. The van der Waals surface area contributed by atoms with Crippen molar-refractivity contribution in [1.82, 2.24) is 9.97 Å². The van der Waals surface area contributed by atoms with E-state index in [1.807, 2.05) is 0 Å². The van der Waals surface area contributed by atoms with Crippen LogP contribution in [0.5, 0.6) is 0 Å². The van der Waals surface area contributed by atoms with Crippen molar-refractivity contribution in [3.63, 3.8) is 0 Å². The molecule has 3 aromatic rings. The Morgan fingerprint density at radius 1 is 0.929 bits per heavy atom. The first-order valence-corrected chi connectivity index (χ1v) is 10.4. The normalized spacial score (nSPS) is 26.0. The molecule has 1 saturated heterocycles. The van der Waals surface area contributed by atoms with Gasteiger partial charge in [0.2, 0.25) is 0 Å². The van der Waals surface area contributed by atoms with Crippen LogP contribution in [0.2, 0.25) is 0 Å². The van der Waals surface area contributed by atoms with Crippen LogP contribution < -0.4 is 4.90 Å². The minimum Gasteiger partial charge on any atom is -0.352 e.